The lowest BCUT2D eigenvalue weighted by molar-refractivity contribution is 0.0935. The summed E-state index contributed by atoms with van der Waals surface area (Å²) in [5.41, 5.74) is 4.18. The molecule has 1 N–H and O–H groups in total. The van der Waals surface area contributed by atoms with Crippen LogP contribution >= 0.6 is 0 Å². The molecule has 1 unspecified atom stereocenters. The summed E-state index contributed by atoms with van der Waals surface area (Å²) in [7, 11) is 1.62. The van der Waals surface area contributed by atoms with E-state index in [1.165, 1.54) is 0 Å². The number of nitrogens with one attached hydrogen (secondary N) is 1. The van der Waals surface area contributed by atoms with Crippen LogP contribution in [0.3, 0.4) is 0 Å². The van der Waals surface area contributed by atoms with Gasteiger partial charge in [0.15, 0.2) is 0 Å². The molecule has 26 heavy (non-hydrogen) atoms. The minimum Gasteiger partial charge on any atom is -0.497 e. The van der Waals surface area contributed by atoms with Crippen LogP contribution in [0.2, 0.25) is 0 Å². The van der Waals surface area contributed by atoms with Crippen LogP contribution in [0.25, 0.3) is 10.9 Å². The van der Waals surface area contributed by atoms with Gasteiger partial charge >= 0.3 is 0 Å². The highest BCUT2D eigenvalue weighted by molar-refractivity contribution is 5.98. The first-order valence-corrected chi connectivity index (χ1v) is 8.64. The number of hydrogen-bond donors (Lipinski definition) is 1. The van der Waals surface area contributed by atoms with Crippen molar-refractivity contribution in [3.05, 3.63) is 53.0 Å². The minimum absolute atomic E-state index is 0.0547. The number of carbonyl (C=O) groups excluding carboxylic acids is 1. The molecule has 0 saturated carbocycles. The van der Waals surface area contributed by atoms with E-state index in [1.54, 1.807) is 7.11 Å². The van der Waals surface area contributed by atoms with E-state index >= 15 is 0 Å². The molecule has 0 aliphatic heterocycles. The summed E-state index contributed by atoms with van der Waals surface area (Å²) in [4.78, 5) is 17.3. The molecule has 6 nitrogen and oxygen atoms in total. The van der Waals surface area contributed by atoms with Crippen molar-refractivity contribution in [3.8, 4) is 5.75 Å². The maximum absolute atomic E-state index is 12.7. The molecule has 0 bridgehead atoms. The summed E-state index contributed by atoms with van der Waals surface area (Å²) in [5, 5.41) is 8.37. The Kier molecular flexibility index (Phi) is 4.93. The van der Waals surface area contributed by atoms with Crippen molar-refractivity contribution in [2.24, 2.45) is 0 Å². The van der Waals surface area contributed by atoms with E-state index in [1.807, 2.05) is 62.7 Å². The molecule has 136 valence electrons. The lowest BCUT2D eigenvalue weighted by Gasteiger charge is -2.16. The quantitative estimate of drug-likeness (QED) is 0.766. The fraction of sp³-hybridized carbons (Fsp3) is 0.350. The number of methoxy groups -OCH3 is 1. The number of amides is 1. The monoisotopic (exact) mass is 352 g/mol. The van der Waals surface area contributed by atoms with Crippen LogP contribution in [-0.4, -0.2) is 33.8 Å². The number of hydrogen-bond acceptors (Lipinski definition) is 4. The number of aromatic nitrogens is 3. The number of nitrogens with zero attached hydrogens (tertiary/aromatic N) is 3. The van der Waals surface area contributed by atoms with Crippen molar-refractivity contribution >= 4 is 16.8 Å². The summed E-state index contributed by atoms with van der Waals surface area (Å²) >= 11 is 0. The van der Waals surface area contributed by atoms with Crippen LogP contribution in [0.5, 0.6) is 5.75 Å². The van der Waals surface area contributed by atoms with Crippen molar-refractivity contribution in [2.45, 2.75) is 40.3 Å². The van der Waals surface area contributed by atoms with E-state index in [0.717, 1.165) is 28.0 Å². The van der Waals surface area contributed by atoms with Crippen LogP contribution in [-0.2, 0) is 6.54 Å². The largest absolute Gasteiger partial charge is 0.497 e. The van der Waals surface area contributed by atoms with Crippen molar-refractivity contribution in [2.75, 3.05) is 7.11 Å². The van der Waals surface area contributed by atoms with E-state index in [2.05, 4.69) is 15.4 Å². The number of ether oxygens (including phenoxy) is 1. The fourth-order valence-electron chi connectivity index (χ4n) is 3.07. The van der Waals surface area contributed by atoms with Crippen LogP contribution in [0.1, 0.15) is 34.4 Å². The van der Waals surface area contributed by atoms with Crippen LogP contribution < -0.4 is 10.1 Å². The second kappa shape index (κ2) is 7.15. The maximum Gasteiger partial charge on any atom is 0.253 e. The molecule has 3 rings (SSSR count). The van der Waals surface area contributed by atoms with Gasteiger partial charge in [-0.3, -0.25) is 14.5 Å². The molecule has 1 atom stereocenters. The summed E-state index contributed by atoms with van der Waals surface area (Å²) in [6.45, 7) is 8.43. The summed E-state index contributed by atoms with van der Waals surface area (Å²) in [5.74, 6) is 0.612. The first-order valence-electron chi connectivity index (χ1n) is 8.64. The number of benzene rings is 1. The molecule has 1 amide bonds. The van der Waals surface area contributed by atoms with Gasteiger partial charge in [0, 0.05) is 17.1 Å². The molecule has 0 spiro atoms. The normalized spacial score (nSPS) is 12.2. The smallest absolute Gasteiger partial charge is 0.253 e. The Balaban J connectivity index is 1.80. The zero-order valence-electron chi connectivity index (χ0n) is 15.8. The Hall–Kier alpha value is -2.89. The van der Waals surface area contributed by atoms with Gasteiger partial charge in [-0.2, -0.15) is 5.10 Å². The Morgan fingerprint density at radius 2 is 2.00 bits per heavy atom. The molecule has 0 aliphatic carbocycles. The lowest BCUT2D eigenvalue weighted by Crippen LogP contribution is -2.36. The Labute approximate surface area is 153 Å². The van der Waals surface area contributed by atoms with Gasteiger partial charge < -0.3 is 10.1 Å². The molecule has 1 aromatic carbocycles. The zero-order chi connectivity index (χ0) is 18.8. The van der Waals surface area contributed by atoms with Gasteiger partial charge in [0.2, 0.25) is 0 Å². The molecule has 3 aromatic rings. The summed E-state index contributed by atoms with van der Waals surface area (Å²) in [6.07, 6.45) is 0. The first-order chi connectivity index (χ1) is 12.4. The molecule has 6 heteroatoms. The average molecular weight is 352 g/mol. The predicted molar refractivity (Wildman–Crippen MR) is 102 cm³/mol. The zero-order valence-corrected chi connectivity index (χ0v) is 15.8. The van der Waals surface area contributed by atoms with Crippen molar-refractivity contribution in [1.29, 1.82) is 0 Å². The summed E-state index contributed by atoms with van der Waals surface area (Å²) in [6, 6.07) is 9.49. The van der Waals surface area contributed by atoms with Gasteiger partial charge in [-0.1, -0.05) is 0 Å². The van der Waals surface area contributed by atoms with Crippen molar-refractivity contribution < 1.29 is 9.53 Å². The second-order valence-electron chi connectivity index (χ2n) is 6.66. The molecule has 2 aromatic heterocycles. The third-order valence-corrected chi connectivity index (χ3v) is 4.38. The van der Waals surface area contributed by atoms with Crippen molar-refractivity contribution in [1.82, 2.24) is 20.1 Å². The molecular weight excluding hydrogens is 328 g/mol. The minimum atomic E-state index is -0.131. The van der Waals surface area contributed by atoms with E-state index < -0.39 is 0 Å². The van der Waals surface area contributed by atoms with Gasteiger partial charge in [0.25, 0.3) is 5.91 Å². The predicted octanol–water partition coefficient (Wildman–Crippen LogP) is 3.18. The van der Waals surface area contributed by atoms with Gasteiger partial charge in [0.1, 0.15) is 5.75 Å². The fourth-order valence-corrected chi connectivity index (χ4v) is 3.07. The maximum atomic E-state index is 12.7. The molecular formula is C20H24N4O2. The first kappa shape index (κ1) is 17.9. The van der Waals surface area contributed by atoms with E-state index in [9.17, 15) is 4.79 Å². The van der Waals surface area contributed by atoms with Crippen molar-refractivity contribution in [3.63, 3.8) is 0 Å². The van der Waals surface area contributed by atoms with Gasteiger partial charge in [0.05, 0.1) is 36.1 Å². The highest BCUT2D eigenvalue weighted by Gasteiger charge is 2.15. The standard InChI is InChI=1S/C20H24N4O2/c1-12-8-14(3)24(23-12)11-13(2)21-20(25)18-10-16-9-17(26-5)6-7-19(16)22-15(18)4/h6-10,13H,11H2,1-5H3,(H,21,25). The highest BCUT2D eigenvalue weighted by atomic mass is 16.5. The van der Waals surface area contributed by atoms with Gasteiger partial charge in [-0.05, 0) is 58.0 Å². The van der Waals surface area contributed by atoms with Crippen LogP contribution in [0.15, 0.2) is 30.3 Å². The second-order valence-corrected chi connectivity index (χ2v) is 6.66. The average Bonchev–Trinajstić information content (AvgIpc) is 2.90. The number of carbonyl (C=O) groups is 1. The number of pyridine rings is 1. The summed E-state index contributed by atoms with van der Waals surface area (Å²) < 4.78 is 7.17. The van der Waals surface area contributed by atoms with Crippen LogP contribution in [0.4, 0.5) is 0 Å². The topological polar surface area (TPSA) is 69.0 Å². The number of rotatable bonds is 5. The number of fused-ring (bicyclic) bond motifs is 1. The number of aryl methyl sites for hydroxylation is 3. The Morgan fingerprint density at radius 1 is 1.23 bits per heavy atom. The van der Waals surface area contributed by atoms with Gasteiger partial charge in [-0.15, -0.1) is 0 Å². The molecule has 0 aliphatic rings. The van der Waals surface area contributed by atoms with E-state index in [0.29, 0.717) is 17.8 Å². The third-order valence-electron chi connectivity index (χ3n) is 4.38. The van der Waals surface area contributed by atoms with Gasteiger partial charge in [-0.25, -0.2) is 0 Å². The van der Waals surface area contributed by atoms with Crippen LogP contribution in [0, 0.1) is 20.8 Å². The molecule has 2 heterocycles. The SMILES string of the molecule is COc1ccc2nc(C)c(C(=O)NC(C)Cn3nc(C)cc3C)cc2c1. The Morgan fingerprint density at radius 3 is 2.65 bits per heavy atom. The highest BCUT2D eigenvalue weighted by Crippen LogP contribution is 2.22. The third kappa shape index (κ3) is 3.69. The van der Waals surface area contributed by atoms with E-state index in [4.69, 9.17) is 4.74 Å². The molecule has 0 fully saturated rings. The Bertz CT molecular complexity index is 962. The molecule has 0 radical (unpaired) electrons. The molecule has 0 saturated heterocycles. The lowest BCUT2D eigenvalue weighted by atomic mass is 10.1. The van der Waals surface area contributed by atoms with E-state index in [-0.39, 0.29) is 11.9 Å².